The number of imidazole rings is 1. The molecule has 1 amide bonds. The third-order valence-corrected chi connectivity index (χ3v) is 7.55. The molecule has 1 fully saturated rings. The van der Waals surface area contributed by atoms with Gasteiger partial charge in [-0.05, 0) is 39.2 Å². The molecule has 4 N–H and O–H groups in total. The third kappa shape index (κ3) is 5.14. The molecule has 1 unspecified atom stereocenters. The van der Waals surface area contributed by atoms with E-state index in [1.54, 1.807) is 0 Å². The van der Waals surface area contributed by atoms with Gasteiger partial charge in [0.2, 0.25) is 0 Å². The number of methoxy groups -OCH3 is 1. The molecule has 5 aromatic rings. The van der Waals surface area contributed by atoms with Crippen molar-refractivity contribution in [1.29, 1.82) is 0 Å². The predicted molar refractivity (Wildman–Crippen MR) is 154 cm³/mol. The predicted octanol–water partition coefficient (Wildman–Crippen LogP) is 4.37. The SMILES string of the molecule is [2H]C1(NC(=O)OC)CC[C@@H](n2c(=O)n(C([2H])([2H])[2H])c3cnc(Nc4cc(C(C)(C)O)c5[nH]cc(-c6cnn(C(F)(F)F)c6)c5n4)cc32)C1. The Labute approximate surface area is 253 Å². The van der Waals surface area contributed by atoms with E-state index in [0.717, 1.165) is 19.5 Å². The molecule has 5 aromatic heterocycles. The number of carbonyl (C=O) groups excluding carboxylic acids is 1. The number of fused-ring (bicyclic) bond motifs is 2. The molecule has 44 heavy (non-hydrogen) atoms. The van der Waals surface area contributed by atoms with Crippen molar-refractivity contribution in [3.8, 4) is 11.1 Å². The number of nitrogens with zero attached hydrogens (tertiary/aromatic N) is 6. The molecule has 232 valence electrons. The molecule has 0 bridgehead atoms. The second-order valence-electron chi connectivity index (χ2n) is 11.0. The summed E-state index contributed by atoms with van der Waals surface area (Å²) in [5, 5.41) is 19.9. The van der Waals surface area contributed by atoms with Crippen LogP contribution in [0.3, 0.4) is 0 Å². The molecule has 6 rings (SSSR count). The standard InChI is InChI=1S/C28H30F3N9O4/c1-27(2,43)18-8-22(37-23-17(11-33-24(18)23)14-10-34-39(13-14)28(29,30)31)36-21-9-19-20(12-32-21)38(3)26(42)40(19)16-6-5-15(7-16)35-25(41)44-4/h8-13,15-16,33,43H,5-7H2,1-4H3,(H,35,41)(H,32,36,37)/t15?,16-/m1/s1/i3D3,15D. The summed E-state index contributed by atoms with van der Waals surface area (Å²) in [7, 11) is 1.16. The summed E-state index contributed by atoms with van der Waals surface area (Å²) in [6.45, 7) is 0.186. The topological polar surface area (TPSA) is 157 Å². The zero-order chi connectivity index (χ0) is 35.0. The van der Waals surface area contributed by atoms with E-state index in [1.165, 1.54) is 42.9 Å². The molecule has 5 heterocycles. The van der Waals surface area contributed by atoms with Gasteiger partial charge in [-0.2, -0.15) is 9.78 Å². The number of aryl methyl sites for hydroxylation is 1. The number of amides is 1. The molecule has 0 aliphatic heterocycles. The summed E-state index contributed by atoms with van der Waals surface area (Å²) in [6.07, 6.45) is -0.597. The number of H-pyrrole nitrogens is 1. The van der Waals surface area contributed by atoms with Gasteiger partial charge in [0, 0.05) is 58.3 Å². The van der Waals surface area contributed by atoms with Gasteiger partial charge in [-0.3, -0.25) is 9.13 Å². The van der Waals surface area contributed by atoms with Crippen LogP contribution < -0.4 is 16.3 Å². The third-order valence-electron chi connectivity index (χ3n) is 7.55. The summed E-state index contributed by atoms with van der Waals surface area (Å²) >= 11 is 0. The van der Waals surface area contributed by atoms with E-state index in [2.05, 4.69) is 35.4 Å². The fraction of sp³-hybridized carbons (Fsp3) is 0.393. The number of carbonyl (C=O) groups is 1. The van der Waals surface area contributed by atoms with Crippen molar-refractivity contribution in [2.24, 2.45) is 6.98 Å². The molecular formula is C28H30F3N9O4. The number of anilines is 2. The van der Waals surface area contributed by atoms with Crippen molar-refractivity contribution >= 4 is 39.8 Å². The van der Waals surface area contributed by atoms with Crippen LogP contribution in [0.2, 0.25) is 0 Å². The highest BCUT2D eigenvalue weighted by Crippen LogP contribution is 2.37. The number of pyridine rings is 2. The van der Waals surface area contributed by atoms with Gasteiger partial charge in [0.15, 0.2) is 0 Å². The van der Waals surface area contributed by atoms with Crippen LogP contribution in [0, 0.1) is 0 Å². The van der Waals surface area contributed by atoms with Crippen molar-refractivity contribution in [2.75, 3.05) is 12.4 Å². The van der Waals surface area contributed by atoms with Gasteiger partial charge in [-0.15, -0.1) is 13.2 Å². The first-order valence-electron chi connectivity index (χ1n) is 15.4. The molecule has 16 heteroatoms. The number of alkyl carbamates (subject to hydrolysis) is 1. The number of alkyl halides is 3. The van der Waals surface area contributed by atoms with Crippen LogP contribution in [0.25, 0.3) is 33.2 Å². The van der Waals surface area contributed by atoms with E-state index in [0.29, 0.717) is 15.6 Å². The molecule has 0 aromatic carbocycles. The molecule has 1 saturated carbocycles. The zero-order valence-electron chi connectivity index (χ0n) is 27.7. The Kier molecular flexibility index (Phi) is 5.80. The van der Waals surface area contributed by atoms with E-state index in [1.807, 2.05) is 0 Å². The quantitative estimate of drug-likeness (QED) is 0.219. The van der Waals surface area contributed by atoms with Gasteiger partial charge in [0.1, 0.15) is 11.6 Å². The number of aromatic amines is 1. The number of hydrogen-bond acceptors (Lipinski definition) is 8. The highest BCUT2D eigenvalue weighted by atomic mass is 19.4. The van der Waals surface area contributed by atoms with Crippen molar-refractivity contribution < 1.29 is 33.3 Å². The minimum atomic E-state index is -4.73. The maximum Gasteiger partial charge on any atom is 0.504 e. The number of hydrogen-bond donors (Lipinski definition) is 4. The highest BCUT2D eigenvalue weighted by Gasteiger charge is 2.33. The van der Waals surface area contributed by atoms with E-state index in [-0.39, 0.29) is 63.3 Å². The summed E-state index contributed by atoms with van der Waals surface area (Å²) < 4.78 is 78.8. The maximum atomic E-state index is 13.6. The lowest BCUT2D eigenvalue weighted by molar-refractivity contribution is -0.212. The lowest BCUT2D eigenvalue weighted by Crippen LogP contribution is -2.33. The zero-order valence-corrected chi connectivity index (χ0v) is 23.7. The average molecular weight is 618 g/mol. The Hall–Kier alpha value is -4.86. The fourth-order valence-corrected chi connectivity index (χ4v) is 5.49. The van der Waals surface area contributed by atoms with Crippen LogP contribution in [0.15, 0.2) is 41.7 Å². The van der Waals surface area contributed by atoms with Gasteiger partial charge in [-0.1, -0.05) is 0 Å². The molecule has 1 aliphatic carbocycles. The van der Waals surface area contributed by atoms with Gasteiger partial charge in [-0.25, -0.2) is 19.6 Å². The number of halogens is 3. The minimum Gasteiger partial charge on any atom is -0.453 e. The minimum absolute atomic E-state index is 0.00384. The number of nitrogens with one attached hydrogen (secondary N) is 3. The van der Waals surface area contributed by atoms with E-state index < -0.39 is 42.7 Å². The molecular weight excluding hydrogens is 583 g/mol. The first kappa shape index (κ1) is 24.6. The van der Waals surface area contributed by atoms with Crippen LogP contribution in [0.5, 0.6) is 0 Å². The normalized spacial score (nSPS) is 20.8. The number of aromatic nitrogens is 7. The summed E-state index contributed by atoms with van der Waals surface area (Å²) in [5.74, 6) is 0.255. The Morgan fingerprint density at radius 1 is 1.23 bits per heavy atom. The number of rotatable bonds is 6. The highest BCUT2D eigenvalue weighted by molar-refractivity contribution is 5.95. The monoisotopic (exact) mass is 617 g/mol. The molecule has 1 aliphatic rings. The Balaban J connectivity index is 1.44. The van der Waals surface area contributed by atoms with E-state index >= 15 is 0 Å². The van der Waals surface area contributed by atoms with Gasteiger partial charge in [0.25, 0.3) is 0 Å². The summed E-state index contributed by atoms with van der Waals surface area (Å²) in [5.41, 5.74) is -0.755. The smallest absolute Gasteiger partial charge is 0.453 e. The molecule has 2 atom stereocenters. The van der Waals surface area contributed by atoms with Crippen LogP contribution in [-0.2, 0) is 23.6 Å². The molecule has 0 radical (unpaired) electrons. The van der Waals surface area contributed by atoms with Crippen molar-refractivity contribution in [3.63, 3.8) is 0 Å². The lowest BCUT2D eigenvalue weighted by atomic mass is 9.97. The molecule has 0 spiro atoms. The first-order chi connectivity index (χ1) is 22.3. The second-order valence-corrected chi connectivity index (χ2v) is 11.0. The average Bonchev–Trinajstić information content (AvgIpc) is 3.75. The molecule has 0 saturated heterocycles. The Morgan fingerprint density at radius 2 is 2.02 bits per heavy atom. The largest absolute Gasteiger partial charge is 0.504 e. The van der Waals surface area contributed by atoms with Gasteiger partial charge < -0.3 is 25.5 Å². The maximum absolute atomic E-state index is 13.6. The lowest BCUT2D eigenvalue weighted by Gasteiger charge is -2.20. The van der Waals surface area contributed by atoms with Crippen LogP contribution in [0.1, 0.15) is 50.2 Å². The van der Waals surface area contributed by atoms with Crippen LogP contribution >= 0.6 is 0 Å². The Morgan fingerprint density at radius 3 is 2.70 bits per heavy atom. The fourth-order valence-electron chi connectivity index (χ4n) is 5.49. The number of aliphatic hydroxyl groups is 1. The van der Waals surface area contributed by atoms with Crippen molar-refractivity contribution in [2.45, 2.75) is 57.1 Å². The van der Waals surface area contributed by atoms with Gasteiger partial charge >= 0.3 is 18.1 Å². The molecule has 13 nitrogen and oxygen atoms in total. The second kappa shape index (κ2) is 10.4. The van der Waals surface area contributed by atoms with Crippen molar-refractivity contribution in [3.05, 3.63) is 53.0 Å². The number of ether oxygens (including phenoxy) is 1. The van der Waals surface area contributed by atoms with Crippen molar-refractivity contribution in [1.82, 2.24) is 39.2 Å². The first-order valence-corrected chi connectivity index (χ1v) is 13.4. The van der Waals surface area contributed by atoms with E-state index in [4.69, 9.17) is 5.48 Å². The van der Waals surface area contributed by atoms with E-state index in [9.17, 15) is 27.9 Å². The summed E-state index contributed by atoms with van der Waals surface area (Å²) in [6, 6.07) is 0.845. The van der Waals surface area contributed by atoms with Crippen LogP contribution in [-0.4, -0.2) is 58.2 Å². The Bertz CT molecular complexity index is 2110. The summed E-state index contributed by atoms with van der Waals surface area (Å²) in [4.78, 5) is 37.4. The van der Waals surface area contributed by atoms with Gasteiger partial charge in [0.05, 0.1) is 48.5 Å². The van der Waals surface area contributed by atoms with Crippen LogP contribution in [0.4, 0.5) is 29.6 Å².